The van der Waals surface area contributed by atoms with E-state index in [0.717, 1.165) is 112 Å². The van der Waals surface area contributed by atoms with Gasteiger partial charge < -0.3 is 14.2 Å². The van der Waals surface area contributed by atoms with Crippen LogP contribution in [0.2, 0.25) is 0 Å². The first-order valence-corrected chi connectivity index (χ1v) is 19.3. The van der Waals surface area contributed by atoms with Gasteiger partial charge in [0.1, 0.15) is 24.7 Å². The van der Waals surface area contributed by atoms with Crippen LogP contribution in [-0.4, -0.2) is 51.9 Å². The lowest BCUT2D eigenvalue weighted by atomic mass is 9.75. The minimum Gasteiger partial charge on any atom is -0.497 e. The molecular formula is C37H46F5NO7S. The lowest BCUT2D eigenvalue weighted by Gasteiger charge is -2.32. The van der Waals surface area contributed by atoms with Gasteiger partial charge in [-0.05, 0) is 97.2 Å². The van der Waals surface area contributed by atoms with Gasteiger partial charge in [0.15, 0.2) is 5.71 Å². The number of ether oxygens (including phenoxy) is 3. The maximum absolute atomic E-state index is 14.8. The van der Waals surface area contributed by atoms with Crippen molar-refractivity contribution in [2.24, 2.45) is 5.16 Å². The van der Waals surface area contributed by atoms with Crippen LogP contribution in [0, 0.1) is 0 Å². The Hall–Kier alpha value is -3.42. The van der Waals surface area contributed by atoms with Gasteiger partial charge in [-0.3, -0.25) is 4.28 Å². The lowest BCUT2D eigenvalue weighted by molar-refractivity contribution is -0.162. The van der Waals surface area contributed by atoms with Crippen LogP contribution < -0.4 is 9.47 Å². The molecule has 282 valence electrons. The van der Waals surface area contributed by atoms with Crippen LogP contribution in [0.1, 0.15) is 136 Å². The summed E-state index contributed by atoms with van der Waals surface area (Å²) >= 11 is 0. The smallest absolute Gasteiger partial charge is 0.478 e. The van der Waals surface area contributed by atoms with Gasteiger partial charge in [0.05, 0.1) is 7.11 Å². The fourth-order valence-corrected chi connectivity index (χ4v) is 8.11. The summed E-state index contributed by atoms with van der Waals surface area (Å²) in [5.74, 6) is -0.633. The van der Waals surface area contributed by atoms with Crippen molar-refractivity contribution in [1.29, 1.82) is 0 Å². The zero-order valence-corrected chi connectivity index (χ0v) is 29.6. The predicted octanol–water partition coefficient (Wildman–Crippen LogP) is 9.67. The molecule has 0 aromatic heterocycles. The topological polar surface area (TPSA) is 100 Å². The predicted molar refractivity (Wildman–Crippen MR) is 181 cm³/mol. The number of esters is 1. The summed E-state index contributed by atoms with van der Waals surface area (Å²) in [5, 5.41) is -2.89. The van der Waals surface area contributed by atoms with Crippen molar-refractivity contribution in [3.05, 3.63) is 58.7 Å². The number of hydrogen-bond acceptors (Lipinski definition) is 8. The molecule has 0 atom stereocenters. The molecule has 0 unspecified atom stereocenters. The lowest BCUT2D eigenvalue weighted by Crippen LogP contribution is -2.40. The first kappa shape index (κ1) is 38.8. The SMILES string of the molecule is COc1ccc(C(=NOS(=O)(=O)C(F)(F)C(=O)OCCOc2c(C3CCCCC3)cc(C3CCCCC3)cc2C2CCCCC2)C(F)(F)F)cc1. The molecule has 51 heavy (non-hydrogen) atoms. The van der Waals surface area contributed by atoms with Crippen LogP contribution >= 0.6 is 0 Å². The van der Waals surface area contributed by atoms with Gasteiger partial charge in [0, 0.05) is 5.56 Å². The van der Waals surface area contributed by atoms with Crippen molar-refractivity contribution >= 4 is 21.8 Å². The van der Waals surface area contributed by atoms with Crippen LogP contribution in [0.5, 0.6) is 11.5 Å². The van der Waals surface area contributed by atoms with Gasteiger partial charge in [0.25, 0.3) is 0 Å². The van der Waals surface area contributed by atoms with Gasteiger partial charge in [0.2, 0.25) is 0 Å². The maximum atomic E-state index is 14.8. The van der Waals surface area contributed by atoms with Crippen LogP contribution in [0.3, 0.4) is 0 Å². The summed E-state index contributed by atoms with van der Waals surface area (Å²) in [7, 11) is -5.07. The molecule has 0 heterocycles. The molecule has 0 N–H and O–H groups in total. The highest BCUT2D eigenvalue weighted by Gasteiger charge is 2.57. The molecule has 3 fully saturated rings. The minimum atomic E-state index is -6.34. The van der Waals surface area contributed by atoms with Crippen molar-refractivity contribution in [3.8, 4) is 11.5 Å². The van der Waals surface area contributed by atoms with Gasteiger partial charge >= 0.3 is 27.5 Å². The zero-order chi connectivity index (χ0) is 36.6. The summed E-state index contributed by atoms with van der Waals surface area (Å²) in [5.41, 5.74) is 0.919. The van der Waals surface area contributed by atoms with E-state index in [1.165, 1.54) is 31.9 Å². The summed E-state index contributed by atoms with van der Waals surface area (Å²) in [6.45, 7) is -1.07. The second-order valence-electron chi connectivity index (χ2n) is 13.7. The number of alkyl halides is 5. The number of hydrogen-bond donors (Lipinski definition) is 0. The summed E-state index contributed by atoms with van der Waals surface area (Å²) in [4.78, 5) is 12.4. The van der Waals surface area contributed by atoms with Gasteiger partial charge in [-0.2, -0.15) is 30.4 Å². The fourth-order valence-electron chi connectivity index (χ4n) is 7.58. The Bertz CT molecular complexity index is 1570. The monoisotopic (exact) mass is 743 g/mol. The zero-order valence-electron chi connectivity index (χ0n) is 28.8. The van der Waals surface area contributed by atoms with Crippen molar-refractivity contribution < 1.29 is 53.7 Å². The van der Waals surface area contributed by atoms with Crippen LogP contribution in [0.4, 0.5) is 22.0 Å². The molecule has 0 saturated heterocycles. The number of oxime groups is 1. The molecule has 3 saturated carbocycles. The third kappa shape index (κ3) is 9.53. The molecule has 8 nitrogen and oxygen atoms in total. The molecule has 0 bridgehead atoms. The van der Waals surface area contributed by atoms with E-state index in [2.05, 4.69) is 26.3 Å². The third-order valence-corrected chi connectivity index (χ3v) is 11.4. The molecule has 3 aliphatic carbocycles. The van der Waals surface area contributed by atoms with Gasteiger partial charge in [-0.15, -0.1) is 0 Å². The third-order valence-electron chi connectivity index (χ3n) is 10.3. The fraction of sp³-hybridized carbons (Fsp3) is 0.622. The van der Waals surface area contributed by atoms with Crippen molar-refractivity contribution in [2.45, 2.75) is 125 Å². The van der Waals surface area contributed by atoms with Crippen molar-refractivity contribution in [2.75, 3.05) is 20.3 Å². The average Bonchev–Trinajstić information content (AvgIpc) is 3.13. The van der Waals surface area contributed by atoms with E-state index in [0.29, 0.717) is 11.7 Å². The number of methoxy groups -OCH3 is 1. The molecule has 0 aliphatic heterocycles. The highest BCUT2D eigenvalue weighted by molar-refractivity contribution is 7.88. The van der Waals surface area contributed by atoms with E-state index in [1.54, 1.807) is 0 Å². The van der Waals surface area contributed by atoms with Crippen molar-refractivity contribution in [3.63, 3.8) is 0 Å². The highest BCUT2D eigenvalue weighted by Crippen LogP contribution is 2.47. The Morgan fingerprint density at radius 1 is 0.745 bits per heavy atom. The molecule has 3 aliphatic rings. The van der Waals surface area contributed by atoms with Crippen LogP contribution in [-0.2, 0) is 23.9 Å². The Kier molecular flexibility index (Phi) is 12.9. The quantitative estimate of drug-likeness (QED) is 0.0662. The van der Waals surface area contributed by atoms with E-state index in [-0.39, 0.29) is 24.2 Å². The Balaban J connectivity index is 1.31. The first-order valence-electron chi connectivity index (χ1n) is 17.9. The van der Waals surface area contributed by atoms with E-state index in [1.807, 2.05) is 0 Å². The summed E-state index contributed by atoms with van der Waals surface area (Å²) in [6.07, 6.45) is 11.3. The standard InChI is InChI=1S/C37H46F5NO7S/c1-47-30-19-17-28(18-20-30)34(36(38,39)40)43-50-51(45,46)37(41,42)35(44)49-22-21-48-33-31(26-13-7-3-8-14-26)23-29(25-11-5-2-6-12-25)24-32(33)27-15-9-4-10-16-27/h17-20,23-27H,2-16,21-22H2,1H3. The summed E-state index contributed by atoms with van der Waals surface area (Å²) in [6, 6.07) is 8.55. The molecule has 2 aromatic carbocycles. The second kappa shape index (κ2) is 16.9. The number of carbonyl (C=O) groups excluding carboxylic acids is 1. The van der Waals surface area contributed by atoms with Gasteiger partial charge in [-0.25, -0.2) is 4.79 Å². The number of rotatable bonds is 13. The summed E-state index contributed by atoms with van der Waals surface area (Å²) < 4.78 is 115. The number of nitrogens with zero attached hydrogens (tertiary/aromatic N) is 1. The van der Waals surface area contributed by atoms with Crippen LogP contribution in [0.15, 0.2) is 41.6 Å². The first-order chi connectivity index (χ1) is 24.3. The number of halogens is 5. The van der Waals surface area contributed by atoms with E-state index in [4.69, 9.17) is 9.47 Å². The van der Waals surface area contributed by atoms with Gasteiger partial charge in [-0.1, -0.05) is 75.1 Å². The normalized spacial score (nSPS) is 19.1. The van der Waals surface area contributed by atoms with E-state index >= 15 is 0 Å². The van der Waals surface area contributed by atoms with Crippen LogP contribution in [0.25, 0.3) is 0 Å². The molecule has 0 amide bonds. The molecule has 2 aromatic rings. The number of benzene rings is 2. The largest absolute Gasteiger partial charge is 0.497 e. The Morgan fingerprint density at radius 2 is 1.24 bits per heavy atom. The minimum absolute atomic E-state index is 0.180. The molecule has 0 spiro atoms. The Labute approximate surface area is 296 Å². The van der Waals surface area contributed by atoms with E-state index < -0.39 is 45.4 Å². The van der Waals surface area contributed by atoms with Crippen molar-refractivity contribution in [1.82, 2.24) is 0 Å². The molecule has 5 rings (SSSR count). The Morgan fingerprint density at radius 3 is 1.71 bits per heavy atom. The molecule has 14 heteroatoms. The maximum Gasteiger partial charge on any atom is 0.478 e. The second-order valence-corrected chi connectivity index (χ2v) is 15.3. The van der Waals surface area contributed by atoms with E-state index in [9.17, 15) is 35.2 Å². The average molecular weight is 744 g/mol. The highest BCUT2D eigenvalue weighted by atomic mass is 32.2. The number of carbonyl (C=O) groups is 1. The molecule has 0 radical (unpaired) electrons. The molecular weight excluding hydrogens is 697 g/mol.